The van der Waals surface area contributed by atoms with Gasteiger partial charge in [-0.1, -0.05) is 6.92 Å². The van der Waals surface area contributed by atoms with Crippen molar-refractivity contribution in [1.82, 2.24) is 10.6 Å². The maximum absolute atomic E-state index is 12.2. The van der Waals surface area contributed by atoms with Crippen LogP contribution in [-0.4, -0.2) is 19.0 Å². The molecule has 1 saturated heterocycles. The lowest BCUT2D eigenvalue weighted by molar-refractivity contribution is -0.126. The zero-order valence-electron chi connectivity index (χ0n) is 11.5. The molecule has 2 N–H and O–H groups in total. The highest BCUT2D eigenvalue weighted by molar-refractivity contribution is 7.12. The number of rotatable bonds is 3. The summed E-state index contributed by atoms with van der Waals surface area (Å²) in [6.07, 6.45) is 0. The van der Waals surface area contributed by atoms with Crippen molar-refractivity contribution in [3.05, 3.63) is 21.4 Å². The molecule has 1 aliphatic rings. The second-order valence-corrected chi connectivity index (χ2v) is 6.80. The van der Waals surface area contributed by atoms with Crippen LogP contribution >= 0.6 is 11.3 Å². The van der Waals surface area contributed by atoms with Crippen LogP contribution in [0.1, 0.15) is 35.2 Å². The van der Waals surface area contributed by atoms with Crippen LogP contribution in [0.25, 0.3) is 0 Å². The van der Waals surface area contributed by atoms with Crippen LogP contribution in [0, 0.1) is 25.7 Å². The van der Waals surface area contributed by atoms with Crippen LogP contribution in [0.5, 0.6) is 0 Å². The highest BCUT2D eigenvalue weighted by Gasteiger charge is 2.30. The Labute approximate surface area is 113 Å². The van der Waals surface area contributed by atoms with E-state index in [1.54, 1.807) is 11.3 Å². The Bertz CT molecular complexity index is 441. The van der Waals surface area contributed by atoms with Crippen molar-refractivity contribution in [1.29, 1.82) is 0 Å². The Morgan fingerprint density at radius 3 is 2.72 bits per heavy atom. The first-order chi connectivity index (χ1) is 8.49. The molecule has 1 amide bonds. The summed E-state index contributed by atoms with van der Waals surface area (Å²) in [4.78, 5) is 14.8. The van der Waals surface area contributed by atoms with Crippen molar-refractivity contribution in [2.24, 2.45) is 11.8 Å². The molecule has 1 aliphatic heterocycles. The molecule has 1 fully saturated rings. The molecule has 18 heavy (non-hydrogen) atoms. The van der Waals surface area contributed by atoms with Gasteiger partial charge in [-0.15, -0.1) is 11.3 Å². The van der Waals surface area contributed by atoms with Gasteiger partial charge in [0, 0.05) is 16.3 Å². The minimum atomic E-state index is 0.107. The highest BCUT2D eigenvalue weighted by atomic mass is 32.1. The van der Waals surface area contributed by atoms with Crippen LogP contribution < -0.4 is 10.6 Å². The summed E-state index contributed by atoms with van der Waals surface area (Å²) in [6, 6.07) is 2.29. The summed E-state index contributed by atoms with van der Waals surface area (Å²) in [7, 11) is 0. The van der Waals surface area contributed by atoms with Gasteiger partial charge in [-0.3, -0.25) is 4.79 Å². The van der Waals surface area contributed by atoms with Crippen molar-refractivity contribution in [3.8, 4) is 0 Å². The topological polar surface area (TPSA) is 41.1 Å². The SMILES string of the molecule is Cc1cc(C(C)NC(=O)C2CNCC2C)c(C)s1. The highest BCUT2D eigenvalue weighted by Crippen LogP contribution is 2.27. The maximum Gasteiger partial charge on any atom is 0.225 e. The minimum absolute atomic E-state index is 0.107. The van der Waals surface area contributed by atoms with E-state index in [-0.39, 0.29) is 17.9 Å². The fourth-order valence-electron chi connectivity index (χ4n) is 2.64. The van der Waals surface area contributed by atoms with Gasteiger partial charge in [0.25, 0.3) is 0 Å². The Hall–Kier alpha value is -0.870. The van der Waals surface area contributed by atoms with E-state index in [2.05, 4.69) is 44.4 Å². The Balaban J connectivity index is 2.01. The van der Waals surface area contributed by atoms with Crippen LogP contribution in [0.2, 0.25) is 0 Å². The smallest absolute Gasteiger partial charge is 0.225 e. The quantitative estimate of drug-likeness (QED) is 0.882. The molecule has 4 heteroatoms. The Morgan fingerprint density at radius 2 is 2.22 bits per heavy atom. The second-order valence-electron chi connectivity index (χ2n) is 5.34. The summed E-state index contributed by atoms with van der Waals surface area (Å²) < 4.78 is 0. The first-order valence-corrected chi connectivity index (χ1v) is 7.38. The lowest BCUT2D eigenvalue weighted by atomic mass is 9.96. The number of hydrogen-bond donors (Lipinski definition) is 2. The van der Waals surface area contributed by atoms with Crippen LogP contribution in [0.15, 0.2) is 6.07 Å². The van der Waals surface area contributed by atoms with Gasteiger partial charge < -0.3 is 10.6 Å². The molecule has 1 aromatic rings. The molecule has 3 nitrogen and oxygen atoms in total. The molecule has 3 unspecified atom stereocenters. The predicted octanol–water partition coefficient (Wildman–Crippen LogP) is 2.40. The van der Waals surface area contributed by atoms with Gasteiger partial charge in [0.15, 0.2) is 0 Å². The normalized spacial score (nSPS) is 25.1. The molecule has 0 aromatic carbocycles. The Morgan fingerprint density at radius 1 is 1.50 bits per heavy atom. The van der Waals surface area contributed by atoms with E-state index in [0.29, 0.717) is 5.92 Å². The first-order valence-electron chi connectivity index (χ1n) is 6.57. The molecule has 2 rings (SSSR count). The molecule has 0 radical (unpaired) electrons. The molecule has 3 atom stereocenters. The van der Waals surface area contributed by atoms with Gasteiger partial charge >= 0.3 is 0 Å². The molecule has 2 heterocycles. The molecular weight excluding hydrogens is 244 g/mol. The van der Waals surface area contributed by atoms with Crippen molar-refractivity contribution < 1.29 is 4.79 Å². The molecule has 0 bridgehead atoms. The van der Waals surface area contributed by atoms with Crippen LogP contribution in [0.3, 0.4) is 0 Å². The Kier molecular flexibility index (Phi) is 4.07. The molecule has 1 aromatic heterocycles. The summed E-state index contributed by atoms with van der Waals surface area (Å²) in [5.41, 5.74) is 1.25. The largest absolute Gasteiger partial charge is 0.349 e. The third-order valence-corrected chi connectivity index (χ3v) is 4.74. The van der Waals surface area contributed by atoms with Crippen molar-refractivity contribution in [3.63, 3.8) is 0 Å². The van der Waals surface area contributed by atoms with E-state index < -0.39 is 0 Å². The zero-order chi connectivity index (χ0) is 13.3. The van der Waals surface area contributed by atoms with Crippen LogP contribution in [-0.2, 0) is 4.79 Å². The summed E-state index contributed by atoms with van der Waals surface area (Å²) in [5.74, 6) is 0.734. The molecule has 0 aliphatic carbocycles. The van der Waals surface area contributed by atoms with E-state index in [4.69, 9.17) is 0 Å². The summed E-state index contributed by atoms with van der Waals surface area (Å²) in [6.45, 7) is 10.2. The number of thiophene rings is 1. The maximum atomic E-state index is 12.2. The molecule has 0 spiro atoms. The number of hydrogen-bond acceptors (Lipinski definition) is 3. The fourth-order valence-corrected chi connectivity index (χ4v) is 3.66. The molecule has 0 saturated carbocycles. The van der Waals surface area contributed by atoms with Gasteiger partial charge in [-0.25, -0.2) is 0 Å². The van der Waals surface area contributed by atoms with E-state index in [1.165, 1.54) is 15.3 Å². The van der Waals surface area contributed by atoms with E-state index in [1.807, 2.05) is 0 Å². The van der Waals surface area contributed by atoms with Crippen molar-refractivity contribution >= 4 is 17.2 Å². The average Bonchev–Trinajstić information content (AvgIpc) is 2.84. The standard InChI is InChI=1S/C14H22N2OS/c1-8-6-15-7-13(8)14(17)16-10(3)12-5-9(2)18-11(12)4/h5,8,10,13,15H,6-7H2,1-4H3,(H,16,17). The number of carbonyl (C=O) groups excluding carboxylic acids is 1. The minimum Gasteiger partial charge on any atom is -0.349 e. The van der Waals surface area contributed by atoms with E-state index >= 15 is 0 Å². The third-order valence-electron chi connectivity index (χ3n) is 3.76. The third kappa shape index (κ3) is 2.75. The number of amides is 1. The fraction of sp³-hybridized carbons (Fsp3) is 0.643. The first kappa shape index (κ1) is 13.6. The average molecular weight is 266 g/mol. The van der Waals surface area contributed by atoms with Gasteiger partial charge in [0.2, 0.25) is 5.91 Å². The molecular formula is C14H22N2OS. The van der Waals surface area contributed by atoms with Crippen LogP contribution in [0.4, 0.5) is 0 Å². The second kappa shape index (κ2) is 5.41. The van der Waals surface area contributed by atoms with Gasteiger partial charge in [0.05, 0.1) is 12.0 Å². The van der Waals surface area contributed by atoms with E-state index in [9.17, 15) is 4.79 Å². The predicted molar refractivity (Wildman–Crippen MR) is 75.9 cm³/mol. The van der Waals surface area contributed by atoms with Gasteiger partial charge in [-0.2, -0.15) is 0 Å². The van der Waals surface area contributed by atoms with Crippen molar-refractivity contribution in [2.75, 3.05) is 13.1 Å². The number of nitrogens with one attached hydrogen (secondary N) is 2. The molecule has 100 valence electrons. The summed E-state index contributed by atoms with van der Waals surface area (Å²) >= 11 is 1.79. The van der Waals surface area contributed by atoms with Gasteiger partial charge in [-0.05, 0) is 44.9 Å². The lowest BCUT2D eigenvalue weighted by Crippen LogP contribution is -2.36. The van der Waals surface area contributed by atoms with Crippen molar-refractivity contribution in [2.45, 2.75) is 33.7 Å². The van der Waals surface area contributed by atoms with Gasteiger partial charge in [0.1, 0.15) is 0 Å². The van der Waals surface area contributed by atoms with E-state index in [0.717, 1.165) is 13.1 Å². The zero-order valence-corrected chi connectivity index (χ0v) is 12.4. The monoisotopic (exact) mass is 266 g/mol. The number of aryl methyl sites for hydroxylation is 2. The summed E-state index contributed by atoms with van der Waals surface area (Å²) in [5, 5.41) is 6.42. The number of carbonyl (C=O) groups is 1. The lowest BCUT2D eigenvalue weighted by Gasteiger charge is -2.19.